The molecule has 0 aromatic heterocycles. The van der Waals surface area contributed by atoms with E-state index in [1.807, 2.05) is 13.8 Å². The molecular formula is C23H32O8. The molecule has 4 aliphatic rings. The molecule has 0 spiro atoms. The fraction of sp³-hybridized carbons (Fsp3) is 0.826. The van der Waals surface area contributed by atoms with Gasteiger partial charge >= 0.3 is 17.9 Å². The van der Waals surface area contributed by atoms with Gasteiger partial charge in [0.15, 0.2) is 11.9 Å². The number of hydrogen-bond donors (Lipinski definition) is 0. The molecule has 0 aromatic carbocycles. The van der Waals surface area contributed by atoms with Gasteiger partial charge in [-0.1, -0.05) is 13.8 Å². The van der Waals surface area contributed by atoms with Crippen LogP contribution in [0.4, 0.5) is 0 Å². The standard InChI is InChI=1S/C23H32O8/c1-12(24)30-16-9-15(20(26)28-4)22(2)7-5-14-21(27)31-17(13-6-8-29-11-13)10-23(14,3)19(22)18(16)25/h13-17,19H,5-11H2,1-4H3/t13-,14?,15?,16?,17?,19?,22?,23?/m0/s1. The molecule has 0 amide bonds. The summed E-state index contributed by atoms with van der Waals surface area (Å²) in [5.41, 5.74) is -1.38. The zero-order valence-electron chi connectivity index (χ0n) is 18.7. The Kier molecular flexibility index (Phi) is 5.65. The highest BCUT2D eigenvalue weighted by Crippen LogP contribution is 2.64. The second-order valence-corrected chi connectivity index (χ2v) is 10.2. The molecule has 0 radical (unpaired) electrons. The Morgan fingerprint density at radius 1 is 1.13 bits per heavy atom. The number of cyclic esters (lactones) is 1. The highest BCUT2D eigenvalue weighted by atomic mass is 16.6. The van der Waals surface area contributed by atoms with Crippen molar-refractivity contribution in [3.8, 4) is 0 Å². The Labute approximate surface area is 182 Å². The number of Topliss-reactive ketones (excluding diaryl/α,β-unsaturated/α-hetero) is 1. The van der Waals surface area contributed by atoms with E-state index in [1.54, 1.807) is 0 Å². The summed E-state index contributed by atoms with van der Waals surface area (Å²) in [6.07, 6.45) is 1.21. The molecule has 7 unspecified atom stereocenters. The van der Waals surface area contributed by atoms with E-state index < -0.39 is 46.6 Å². The van der Waals surface area contributed by atoms with Gasteiger partial charge in [-0.25, -0.2) is 0 Å². The predicted octanol–water partition coefficient (Wildman–Crippen LogP) is 2.07. The maximum Gasteiger partial charge on any atom is 0.309 e. The molecule has 2 aliphatic heterocycles. The van der Waals surface area contributed by atoms with Crippen molar-refractivity contribution in [1.82, 2.24) is 0 Å². The van der Waals surface area contributed by atoms with Gasteiger partial charge in [0.05, 0.1) is 25.6 Å². The van der Waals surface area contributed by atoms with Crippen molar-refractivity contribution < 1.29 is 38.1 Å². The molecule has 2 saturated heterocycles. The number of ketones is 1. The third kappa shape index (κ3) is 3.47. The van der Waals surface area contributed by atoms with Crippen LogP contribution in [0.25, 0.3) is 0 Å². The largest absolute Gasteiger partial charge is 0.469 e. The summed E-state index contributed by atoms with van der Waals surface area (Å²) in [5, 5.41) is 0. The molecular weight excluding hydrogens is 404 g/mol. The minimum atomic E-state index is -1.01. The van der Waals surface area contributed by atoms with E-state index in [0.29, 0.717) is 32.5 Å². The molecule has 8 atom stereocenters. The first-order chi connectivity index (χ1) is 14.6. The first-order valence-electron chi connectivity index (χ1n) is 11.2. The molecule has 2 saturated carbocycles. The van der Waals surface area contributed by atoms with Gasteiger partial charge in [-0.3, -0.25) is 19.2 Å². The first kappa shape index (κ1) is 22.2. The Morgan fingerprint density at radius 3 is 2.48 bits per heavy atom. The monoisotopic (exact) mass is 436 g/mol. The molecule has 2 aliphatic carbocycles. The number of ether oxygens (including phenoxy) is 4. The van der Waals surface area contributed by atoms with Crippen LogP contribution in [0.15, 0.2) is 0 Å². The number of rotatable bonds is 3. The average molecular weight is 437 g/mol. The molecule has 0 aromatic rings. The van der Waals surface area contributed by atoms with Crippen LogP contribution >= 0.6 is 0 Å². The van der Waals surface area contributed by atoms with E-state index in [4.69, 9.17) is 18.9 Å². The van der Waals surface area contributed by atoms with Crippen LogP contribution < -0.4 is 0 Å². The Hall–Kier alpha value is -1.96. The van der Waals surface area contributed by atoms with Crippen LogP contribution in [-0.4, -0.2) is 56.2 Å². The highest BCUT2D eigenvalue weighted by molar-refractivity contribution is 5.93. The van der Waals surface area contributed by atoms with Crippen LogP contribution in [0.5, 0.6) is 0 Å². The summed E-state index contributed by atoms with van der Waals surface area (Å²) in [7, 11) is 1.33. The highest BCUT2D eigenvalue weighted by Gasteiger charge is 2.68. The number of carbonyl (C=O) groups excluding carboxylic acids is 4. The van der Waals surface area contributed by atoms with Crippen LogP contribution in [0.2, 0.25) is 0 Å². The van der Waals surface area contributed by atoms with E-state index in [9.17, 15) is 19.2 Å². The van der Waals surface area contributed by atoms with E-state index >= 15 is 0 Å². The van der Waals surface area contributed by atoms with Gasteiger partial charge in [0.25, 0.3) is 0 Å². The zero-order valence-corrected chi connectivity index (χ0v) is 18.7. The lowest BCUT2D eigenvalue weighted by molar-refractivity contribution is -0.212. The maximum atomic E-state index is 13.7. The van der Waals surface area contributed by atoms with Crippen molar-refractivity contribution in [2.75, 3.05) is 20.3 Å². The van der Waals surface area contributed by atoms with Gasteiger partial charge in [0, 0.05) is 31.8 Å². The van der Waals surface area contributed by atoms with Gasteiger partial charge in [0.1, 0.15) is 6.10 Å². The second-order valence-electron chi connectivity index (χ2n) is 10.2. The Morgan fingerprint density at radius 2 is 1.87 bits per heavy atom. The van der Waals surface area contributed by atoms with E-state index in [0.717, 1.165) is 6.42 Å². The Bertz CT molecular complexity index is 786. The molecule has 0 N–H and O–H groups in total. The quantitative estimate of drug-likeness (QED) is 0.489. The van der Waals surface area contributed by atoms with Gasteiger partial charge in [-0.05, 0) is 36.5 Å². The number of fused-ring (bicyclic) bond motifs is 3. The minimum absolute atomic E-state index is 0.106. The van der Waals surface area contributed by atoms with Crippen LogP contribution in [-0.2, 0) is 38.1 Å². The van der Waals surface area contributed by atoms with Gasteiger partial charge in [-0.15, -0.1) is 0 Å². The fourth-order valence-corrected chi connectivity index (χ4v) is 6.97. The van der Waals surface area contributed by atoms with E-state index in [2.05, 4.69) is 0 Å². The fourth-order valence-electron chi connectivity index (χ4n) is 6.97. The summed E-state index contributed by atoms with van der Waals surface area (Å²) in [5.74, 6) is -2.96. The van der Waals surface area contributed by atoms with Gasteiger partial charge in [-0.2, -0.15) is 0 Å². The van der Waals surface area contributed by atoms with Crippen molar-refractivity contribution >= 4 is 23.7 Å². The lowest BCUT2D eigenvalue weighted by Crippen LogP contribution is -2.65. The normalized spacial score (nSPS) is 44.6. The Balaban J connectivity index is 1.76. The van der Waals surface area contributed by atoms with Gasteiger partial charge < -0.3 is 18.9 Å². The van der Waals surface area contributed by atoms with Crippen molar-refractivity contribution in [1.29, 1.82) is 0 Å². The second kappa shape index (κ2) is 7.87. The summed E-state index contributed by atoms with van der Waals surface area (Å²) in [6.45, 7) is 6.36. The molecule has 4 fully saturated rings. The van der Waals surface area contributed by atoms with E-state index in [-0.39, 0.29) is 30.2 Å². The smallest absolute Gasteiger partial charge is 0.309 e. The van der Waals surface area contributed by atoms with Crippen molar-refractivity contribution in [3.05, 3.63) is 0 Å². The number of methoxy groups -OCH3 is 1. The first-order valence-corrected chi connectivity index (χ1v) is 11.2. The third-order valence-electron chi connectivity index (χ3n) is 8.41. The third-order valence-corrected chi connectivity index (χ3v) is 8.41. The summed E-state index contributed by atoms with van der Waals surface area (Å²) in [6, 6.07) is 0. The number of hydrogen-bond acceptors (Lipinski definition) is 8. The summed E-state index contributed by atoms with van der Waals surface area (Å²) >= 11 is 0. The number of carbonyl (C=O) groups is 4. The maximum absolute atomic E-state index is 13.7. The van der Waals surface area contributed by atoms with Crippen molar-refractivity contribution in [2.24, 2.45) is 34.5 Å². The van der Waals surface area contributed by atoms with Crippen molar-refractivity contribution in [2.45, 2.75) is 65.1 Å². The SMILES string of the molecule is COC(=O)C1CC(OC(C)=O)C(=O)C2C1(C)CCC1C(=O)OC([C@H]3CCOC3)CC12C. The van der Waals surface area contributed by atoms with E-state index in [1.165, 1.54) is 14.0 Å². The molecule has 8 heteroatoms. The predicted molar refractivity (Wildman–Crippen MR) is 107 cm³/mol. The molecule has 0 bridgehead atoms. The summed E-state index contributed by atoms with van der Waals surface area (Å²) < 4.78 is 21.8. The van der Waals surface area contributed by atoms with Crippen LogP contribution in [0.3, 0.4) is 0 Å². The molecule has 31 heavy (non-hydrogen) atoms. The molecule has 2 heterocycles. The lowest BCUT2D eigenvalue weighted by Gasteiger charge is -2.61. The van der Waals surface area contributed by atoms with Gasteiger partial charge in [0.2, 0.25) is 0 Å². The molecule has 4 rings (SSSR count). The molecule has 8 nitrogen and oxygen atoms in total. The minimum Gasteiger partial charge on any atom is -0.469 e. The topological polar surface area (TPSA) is 105 Å². The summed E-state index contributed by atoms with van der Waals surface area (Å²) in [4.78, 5) is 51.3. The van der Waals surface area contributed by atoms with Crippen LogP contribution in [0.1, 0.15) is 52.9 Å². The van der Waals surface area contributed by atoms with Crippen molar-refractivity contribution in [3.63, 3.8) is 0 Å². The van der Waals surface area contributed by atoms with Crippen LogP contribution in [0, 0.1) is 34.5 Å². The zero-order chi connectivity index (χ0) is 22.6. The molecule has 172 valence electrons. The number of esters is 3. The lowest BCUT2D eigenvalue weighted by atomic mass is 9.43. The average Bonchev–Trinajstić information content (AvgIpc) is 3.23.